The Kier molecular flexibility index (Phi) is 7.55. The van der Waals surface area contributed by atoms with Crippen LogP contribution in [0, 0.1) is 11.2 Å². The molecule has 2 amide bonds. The molecule has 1 aliphatic heterocycles. The zero-order valence-electron chi connectivity index (χ0n) is 21.4. The lowest BCUT2D eigenvalue weighted by atomic mass is 9.74. The van der Waals surface area contributed by atoms with E-state index in [1.807, 2.05) is 31.5 Å². The predicted octanol–water partition coefficient (Wildman–Crippen LogP) is 4.76. The van der Waals surface area contributed by atoms with Crippen LogP contribution in [0.5, 0.6) is 0 Å². The molecule has 0 unspecified atom stereocenters. The smallest absolute Gasteiger partial charge is 0.407 e. The first-order chi connectivity index (χ1) is 17.0. The van der Waals surface area contributed by atoms with Crippen molar-refractivity contribution in [3.05, 3.63) is 34.7 Å². The van der Waals surface area contributed by atoms with Gasteiger partial charge in [-0.3, -0.25) is 4.79 Å². The van der Waals surface area contributed by atoms with Gasteiger partial charge in [-0.05, 0) is 31.4 Å². The van der Waals surface area contributed by atoms with Crippen LogP contribution < -0.4 is 0 Å². The minimum atomic E-state index is -1.38. The number of carboxylic acid groups (broad SMARTS) is 1. The zero-order chi connectivity index (χ0) is 26.3. The Bertz CT molecular complexity index is 1140. The Morgan fingerprint density at radius 1 is 1.36 bits per heavy atom. The van der Waals surface area contributed by atoms with Crippen molar-refractivity contribution in [1.82, 2.24) is 14.4 Å². The molecule has 2 aromatic rings. The Balaban J connectivity index is 1.70. The van der Waals surface area contributed by atoms with Crippen LogP contribution in [0.25, 0.3) is 10.9 Å². The predicted molar refractivity (Wildman–Crippen MR) is 135 cm³/mol. The van der Waals surface area contributed by atoms with Crippen LogP contribution in [0.3, 0.4) is 0 Å². The highest BCUT2D eigenvalue weighted by molar-refractivity contribution is 6.35. The fourth-order valence-corrected chi connectivity index (χ4v) is 5.25. The first-order valence-corrected chi connectivity index (χ1v) is 12.8. The number of hydrogen-bond donors (Lipinski definition) is 1. The number of amides is 2. The average molecular weight is 524 g/mol. The van der Waals surface area contributed by atoms with Gasteiger partial charge in [0.2, 0.25) is 0 Å². The topological polar surface area (TPSA) is 84.2 Å². The fourth-order valence-electron chi connectivity index (χ4n) is 4.97. The molecule has 1 saturated heterocycles. The average Bonchev–Trinajstić information content (AvgIpc) is 3.60. The molecule has 1 aliphatic carbocycles. The Morgan fingerprint density at radius 2 is 2.08 bits per heavy atom. The Hall–Kier alpha value is -2.36. The quantitative estimate of drug-likeness (QED) is 0.504. The number of nitrogens with zero attached hydrogens (tertiary/aromatic N) is 3. The van der Waals surface area contributed by atoms with Gasteiger partial charge in [0.25, 0.3) is 5.91 Å². The van der Waals surface area contributed by atoms with E-state index in [1.165, 1.54) is 4.90 Å². The molecular weight excluding hydrogens is 489 g/mol. The van der Waals surface area contributed by atoms with Crippen LogP contribution in [-0.4, -0.2) is 76.5 Å². The number of carbonyl (C=O) groups excluding carboxylic acids is 1. The summed E-state index contributed by atoms with van der Waals surface area (Å²) in [6.07, 6.45) is 3.20. The molecule has 10 heteroatoms. The summed E-state index contributed by atoms with van der Waals surface area (Å²) >= 11 is 6.45. The van der Waals surface area contributed by atoms with E-state index in [4.69, 9.17) is 21.1 Å². The van der Waals surface area contributed by atoms with Gasteiger partial charge in [0, 0.05) is 62.0 Å². The van der Waals surface area contributed by atoms with Crippen LogP contribution >= 0.6 is 11.6 Å². The third-order valence-corrected chi connectivity index (χ3v) is 7.69. The summed E-state index contributed by atoms with van der Waals surface area (Å²) in [7, 11) is 1.65. The van der Waals surface area contributed by atoms with Crippen molar-refractivity contribution >= 4 is 34.5 Å². The largest absolute Gasteiger partial charge is 0.465 e. The van der Waals surface area contributed by atoms with Gasteiger partial charge >= 0.3 is 6.09 Å². The summed E-state index contributed by atoms with van der Waals surface area (Å²) in [5, 5.41) is 10.3. The second kappa shape index (κ2) is 10.2. The van der Waals surface area contributed by atoms with E-state index in [1.54, 1.807) is 24.1 Å². The summed E-state index contributed by atoms with van der Waals surface area (Å²) < 4.78 is 28.8. The van der Waals surface area contributed by atoms with Crippen molar-refractivity contribution in [3.8, 4) is 0 Å². The summed E-state index contributed by atoms with van der Waals surface area (Å²) in [6, 6.07) is 3.51. The van der Waals surface area contributed by atoms with Gasteiger partial charge in [0.15, 0.2) is 5.60 Å². The highest BCUT2D eigenvalue weighted by Gasteiger charge is 2.56. The van der Waals surface area contributed by atoms with Gasteiger partial charge in [0.1, 0.15) is 5.82 Å². The first-order valence-electron chi connectivity index (χ1n) is 12.4. The van der Waals surface area contributed by atoms with Crippen molar-refractivity contribution in [2.45, 2.75) is 64.8 Å². The molecule has 1 saturated carbocycles. The van der Waals surface area contributed by atoms with Crippen molar-refractivity contribution in [1.29, 1.82) is 0 Å². The van der Waals surface area contributed by atoms with E-state index < -0.39 is 22.9 Å². The van der Waals surface area contributed by atoms with Gasteiger partial charge in [-0.1, -0.05) is 32.4 Å². The maximum absolute atomic E-state index is 15.5. The molecule has 1 N–H and O–H groups in total. The normalized spacial score (nSPS) is 20.7. The molecule has 0 spiro atoms. The SMILES string of the molecule is COCCCn1ccc2c(Cl)c(F)c(CN(C(=O)[C@@]3(C(C)(C)C)CN(C(=O)O)CCO3)C3CC3)cc21. The van der Waals surface area contributed by atoms with E-state index in [2.05, 4.69) is 0 Å². The van der Waals surface area contributed by atoms with Crippen molar-refractivity contribution in [2.24, 2.45) is 5.41 Å². The monoisotopic (exact) mass is 523 g/mol. The molecule has 1 aromatic carbocycles. The fraction of sp³-hybridized carbons (Fsp3) is 0.615. The molecule has 2 aliphatic rings. The van der Waals surface area contributed by atoms with E-state index >= 15 is 4.39 Å². The third kappa shape index (κ3) is 4.93. The Labute approximate surface area is 215 Å². The van der Waals surface area contributed by atoms with Crippen LogP contribution in [0.2, 0.25) is 5.02 Å². The highest BCUT2D eigenvalue weighted by Crippen LogP contribution is 2.42. The number of fused-ring (bicyclic) bond motifs is 1. The van der Waals surface area contributed by atoms with Gasteiger partial charge in [-0.2, -0.15) is 0 Å². The molecule has 198 valence electrons. The summed E-state index contributed by atoms with van der Waals surface area (Å²) in [5.41, 5.74) is -0.944. The van der Waals surface area contributed by atoms with Crippen LogP contribution in [0.15, 0.2) is 18.3 Å². The third-order valence-electron chi connectivity index (χ3n) is 7.32. The minimum absolute atomic E-state index is 0.0303. The zero-order valence-corrected chi connectivity index (χ0v) is 22.1. The molecule has 0 bridgehead atoms. The van der Waals surface area contributed by atoms with Crippen LogP contribution in [0.1, 0.15) is 45.6 Å². The summed E-state index contributed by atoms with van der Waals surface area (Å²) in [5.74, 6) is -0.853. The lowest BCUT2D eigenvalue weighted by Gasteiger charge is -2.50. The molecule has 2 heterocycles. The summed E-state index contributed by atoms with van der Waals surface area (Å²) in [6.45, 7) is 7.19. The molecule has 0 radical (unpaired) electrons. The van der Waals surface area contributed by atoms with E-state index in [-0.39, 0.29) is 43.2 Å². The maximum atomic E-state index is 15.5. The second-order valence-electron chi connectivity index (χ2n) is 10.7. The van der Waals surface area contributed by atoms with E-state index in [0.29, 0.717) is 24.1 Å². The number of methoxy groups -OCH3 is 1. The molecule has 1 aromatic heterocycles. The van der Waals surface area contributed by atoms with E-state index in [9.17, 15) is 14.7 Å². The number of ether oxygens (including phenoxy) is 2. The molecule has 2 fully saturated rings. The molecule has 36 heavy (non-hydrogen) atoms. The lowest BCUT2D eigenvalue weighted by Crippen LogP contribution is -2.67. The number of rotatable bonds is 8. The van der Waals surface area contributed by atoms with Gasteiger partial charge in [-0.25, -0.2) is 9.18 Å². The number of aromatic nitrogens is 1. The van der Waals surface area contributed by atoms with Crippen molar-refractivity contribution in [2.75, 3.05) is 33.4 Å². The Morgan fingerprint density at radius 3 is 2.69 bits per heavy atom. The standard InChI is InChI=1S/C26H35ClFN3O5/c1-25(2,3)26(16-30(24(33)34)11-13-36-26)23(32)31(18-6-7-18)15-17-14-20-19(21(27)22(17)28)8-10-29(20)9-5-12-35-4/h8,10,14,18H,5-7,9,11-13,15-16H2,1-4H3,(H,33,34)/t26-/m1/s1. The number of aryl methyl sites for hydroxylation is 1. The second-order valence-corrected chi connectivity index (χ2v) is 11.1. The highest BCUT2D eigenvalue weighted by atomic mass is 35.5. The molecular formula is C26H35ClFN3O5. The van der Waals surface area contributed by atoms with Crippen molar-refractivity contribution in [3.63, 3.8) is 0 Å². The number of carbonyl (C=O) groups is 2. The van der Waals surface area contributed by atoms with Crippen LogP contribution in [-0.2, 0) is 27.4 Å². The summed E-state index contributed by atoms with van der Waals surface area (Å²) in [4.78, 5) is 28.8. The van der Waals surface area contributed by atoms with Crippen LogP contribution in [0.4, 0.5) is 9.18 Å². The lowest BCUT2D eigenvalue weighted by molar-refractivity contribution is -0.192. The number of hydrogen-bond acceptors (Lipinski definition) is 4. The first kappa shape index (κ1) is 26.7. The van der Waals surface area contributed by atoms with Gasteiger partial charge in [0.05, 0.1) is 23.7 Å². The molecule has 8 nitrogen and oxygen atoms in total. The van der Waals surface area contributed by atoms with Gasteiger partial charge < -0.3 is 28.9 Å². The molecule has 4 rings (SSSR count). The maximum Gasteiger partial charge on any atom is 0.407 e. The van der Waals surface area contributed by atoms with Gasteiger partial charge in [-0.15, -0.1) is 0 Å². The van der Waals surface area contributed by atoms with E-state index in [0.717, 1.165) is 24.8 Å². The number of benzene rings is 1. The van der Waals surface area contributed by atoms with Crippen molar-refractivity contribution < 1.29 is 28.6 Å². The molecule has 1 atom stereocenters. The minimum Gasteiger partial charge on any atom is -0.465 e. The number of halogens is 2. The number of morpholine rings is 1.